The minimum absolute atomic E-state index is 0.0951. The summed E-state index contributed by atoms with van der Waals surface area (Å²) >= 11 is 6.30. The van der Waals surface area contributed by atoms with E-state index in [1.54, 1.807) is 50.0 Å². The summed E-state index contributed by atoms with van der Waals surface area (Å²) in [6, 6.07) is 6.64. The van der Waals surface area contributed by atoms with Crippen LogP contribution >= 0.6 is 11.6 Å². The molecular weight excluding hydrogens is 497 g/mol. The van der Waals surface area contributed by atoms with E-state index in [0.717, 1.165) is 27.9 Å². The minimum Gasteiger partial charge on any atom is -0.493 e. The van der Waals surface area contributed by atoms with Crippen molar-refractivity contribution in [3.8, 4) is 17.0 Å². The largest absolute Gasteiger partial charge is 0.493 e. The number of amides is 1. The van der Waals surface area contributed by atoms with Crippen molar-refractivity contribution in [3.05, 3.63) is 64.5 Å². The lowest BCUT2D eigenvalue weighted by molar-refractivity contribution is 0.0576. The summed E-state index contributed by atoms with van der Waals surface area (Å²) in [6.45, 7) is 7.60. The SMILES string of the molecule is Cc1cc(-c2cnc(N(Cc3c(F)ccc4c3CCO4)C(=O)OC(C)(C)C)c3cnc(Cl)cc23)n(C)n1. The Kier molecular flexibility index (Phi) is 6.27. The second-order valence-electron chi connectivity index (χ2n) is 10.0. The molecule has 10 heteroatoms. The first-order valence-corrected chi connectivity index (χ1v) is 12.3. The molecule has 1 amide bonds. The topological polar surface area (TPSA) is 82.4 Å². The molecule has 0 bridgehead atoms. The maximum Gasteiger partial charge on any atom is 0.416 e. The minimum atomic E-state index is -0.779. The highest BCUT2D eigenvalue weighted by molar-refractivity contribution is 6.30. The molecule has 0 atom stereocenters. The molecule has 3 aromatic heterocycles. The zero-order valence-electron chi connectivity index (χ0n) is 21.3. The summed E-state index contributed by atoms with van der Waals surface area (Å²) in [6.07, 6.45) is 3.13. The molecule has 1 aliphatic heterocycles. The number of rotatable bonds is 4. The number of hydrogen-bond acceptors (Lipinski definition) is 6. The van der Waals surface area contributed by atoms with Gasteiger partial charge in [0.1, 0.15) is 28.1 Å². The normalized spacial score (nSPS) is 12.9. The first-order valence-electron chi connectivity index (χ1n) is 11.9. The van der Waals surface area contributed by atoms with Crippen LogP contribution in [-0.4, -0.2) is 38.0 Å². The molecule has 5 rings (SSSR count). The third-order valence-corrected chi connectivity index (χ3v) is 6.33. The predicted octanol–water partition coefficient (Wildman–Crippen LogP) is 6.01. The fraction of sp³-hybridized carbons (Fsp3) is 0.333. The van der Waals surface area contributed by atoms with Crippen LogP contribution in [0, 0.1) is 12.7 Å². The van der Waals surface area contributed by atoms with Gasteiger partial charge in [0.25, 0.3) is 0 Å². The zero-order valence-corrected chi connectivity index (χ0v) is 22.1. The van der Waals surface area contributed by atoms with Gasteiger partial charge in [-0.05, 0) is 52.0 Å². The molecule has 192 valence electrons. The maximum atomic E-state index is 15.1. The highest BCUT2D eigenvalue weighted by Crippen LogP contribution is 2.37. The van der Waals surface area contributed by atoms with E-state index in [2.05, 4.69) is 15.1 Å². The molecule has 0 saturated carbocycles. The Morgan fingerprint density at radius 2 is 2.00 bits per heavy atom. The molecule has 0 aliphatic carbocycles. The number of nitrogens with zero attached hydrogens (tertiary/aromatic N) is 5. The molecule has 4 aromatic rings. The van der Waals surface area contributed by atoms with Crippen LogP contribution in [0.2, 0.25) is 5.15 Å². The Bertz CT molecular complexity index is 1530. The fourth-order valence-electron chi connectivity index (χ4n) is 4.56. The third kappa shape index (κ3) is 4.83. The number of carbonyl (C=O) groups is 1. The Morgan fingerprint density at radius 3 is 2.70 bits per heavy atom. The van der Waals surface area contributed by atoms with E-state index >= 15 is 4.39 Å². The van der Waals surface area contributed by atoms with E-state index < -0.39 is 17.5 Å². The molecule has 4 heterocycles. The number of pyridine rings is 2. The number of hydrogen-bond donors (Lipinski definition) is 0. The molecular formula is C27H27ClFN5O3. The van der Waals surface area contributed by atoms with Crippen molar-refractivity contribution in [3.63, 3.8) is 0 Å². The first-order chi connectivity index (χ1) is 17.5. The standard InChI is InChI=1S/C27H27ClFN5O3/c1-15-10-22(33(5)32-15)18-12-31-25(19-13-30-24(28)11-17(18)19)34(26(35)37-27(2,3)4)14-20-16-8-9-36-23(16)7-6-21(20)29/h6-7,10-13H,8-9,14H2,1-5H3. The average Bonchev–Trinajstić information content (AvgIpc) is 3.42. The smallest absolute Gasteiger partial charge is 0.416 e. The van der Waals surface area contributed by atoms with Gasteiger partial charge in [0.15, 0.2) is 0 Å². The monoisotopic (exact) mass is 523 g/mol. The van der Waals surface area contributed by atoms with Crippen LogP contribution in [0.4, 0.5) is 15.0 Å². The van der Waals surface area contributed by atoms with Crippen LogP contribution in [0.3, 0.4) is 0 Å². The van der Waals surface area contributed by atoms with Gasteiger partial charge in [-0.3, -0.25) is 9.58 Å². The van der Waals surface area contributed by atoms with Gasteiger partial charge in [0.2, 0.25) is 0 Å². The Hall–Kier alpha value is -3.72. The maximum absolute atomic E-state index is 15.1. The highest BCUT2D eigenvalue weighted by atomic mass is 35.5. The van der Waals surface area contributed by atoms with Crippen molar-refractivity contribution in [2.75, 3.05) is 11.5 Å². The van der Waals surface area contributed by atoms with Crippen molar-refractivity contribution < 1.29 is 18.7 Å². The quantitative estimate of drug-likeness (QED) is 0.305. The average molecular weight is 524 g/mol. The fourth-order valence-corrected chi connectivity index (χ4v) is 4.72. The molecule has 0 saturated heterocycles. The molecule has 0 radical (unpaired) electrons. The van der Waals surface area contributed by atoms with Crippen molar-refractivity contribution in [1.29, 1.82) is 0 Å². The van der Waals surface area contributed by atoms with Crippen LogP contribution in [0.25, 0.3) is 22.0 Å². The number of ether oxygens (including phenoxy) is 2. The molecule has 1 aromatic carbocycles. The van der Waals surface area contributed by atoms with Crippen molar-refractivity contribution in [2.24, 2.45) is 7.05 Å². The second-order valence-corrected chi connectivity index (χ2v) is 10.4. The first kappa shape index (κ1) is 25.0. The number of carbonyl (C=O) groups excluding carboxylic acids is 1. The van der Waals surface area contributed by atoms with E-state index in [1.165, 1.54) is 11.0 Å². The third-order valence-electron chi connectivity index (χ3n) is 6.12. The van der Waals surface area contributed by atoms with Gasteiger partial charge in [-0.25, -0.2) is 19.2 Å². The molecule has 8 nitrogen and oxygen atoms in total. The number of fused-ring (bicyclic) bond motifs is 2. The van der Waals surface area contributed by atoms with E-state index in [9.17, 15) is 4.79 Å². The molecule has 0 spiro atoms. The predicted molar refractivity (Wildman–Crippen MR) is 140 cm³/mol. The Balaban J connectivity index is 1.70. The summed E-state index contributed by atoms with van der Waals surface area (Å²) in [5, 5.41) is 6.02. The highest BCUT2D eigenvalue weighted by Gasteiger charge is 2.30. The summed E-state index contributed by atoms with van der Waals surface area (Å²) < 4.78 is 28.2. The van der Waals surface area contributed by atoms with Crippen LogP contribution in [0.1, 0.15) is 37.6 Å². The number of anilines is 1. The van der Waals surface area contributed by atoms with E-state index in [1.807, 2.05) is 20.0 Å². The van der Waals surface area contributed by atoms with Crippen molar-refractivity contribution in [2.45, 2.75) is 46.3 Å². The van der Waals surface area contributed by atoms with Gasteiger partial charge in [-0.2, -0.15) is 5.10 Å². The summed E-state index contributed by atoms with van der Waals surface area (Å²) in [5.41, 5.74) is 2.78. The number of aromatic nitrogens is 4. The second kappa shape index (κ2) is 9.30. The zero-order chi connectivity index (χ0) is 26.5. The Labute approximate surface area is 219 Å². The van der Waals surface area contributed by atoms with Gasteiger partial charge < -0.3 is 9.47 Å². The van der Waals surface area contributed by atoms with E-state index in [-0.39, 0.29) is 17.5 Å². The van der Waals surface area contributed by atoms with Gasteiger partial charge in [0, 0.05) is 53.3 Å². The summed E-state index contributed by atoms with van der Waals surface area (Å²) in [5.74, 6) is 0.478. The number of benzene rings is 1. The van der Waals surface area contributed by atoms with Gasteiger partial charge in [0.05, 0.1) is 24.5 Å². The number of aryl methyl sites for hydroxylation is 2. The molecule has 0 N–H and O–H groups in total. The lowest BCUT2D eigenvalue weighted by Gasteiger charge is -2.28. The lowest BCUT2D eigenvalue weighted by Crippen LogP contribution is -2.37. The van der Waals surface area contributed by atoms with Crippen LogP contribution in [0.5, 0.6) is 5.75 Å². The van der Waals surface area contributed by atoms with Crippen molar-refractivity contribution in [1.82, 2.24) is 19.7 Å². The van der Waals surface area contributed by atoms with Gasteiger partial charge >= 0.3 is 6.09 Å². The molecule has 37 heavy (non-hydrogen) atoms. The van der Waals surface area contributed by atoms with E-state index in [0.29, 0.717) is 29.7 Å². The van der Waals surface area contributed by atoms with Crippen molar-refractivity contribution >= 4 is 34.3 Å². The van der Waals surface area contributed by atoms with Crippen LogP contribution in [-0.2, 0) is 24.8 Å². The van der Waals surface area contributed by atoms with Crippen LogP contribution in [0.15, 0.2) is 36.7 Å². The molecule has 0 unspecified atom stereocenters. The lowest BCUT2D eigenvalue weighted by atomic mass is 10.0. The van der Waals surface area contributed by atoms with Crippen LogP contribution < -0.4 is 9.64 Å². The molecule has 1 aliphatic rings. The number of halogens is 2. The summed E-state index contributed by atoms with van der Waals surface area (Å²) in [4.78, 5) is 23.8. The van der Waals surface area contributed by atoms with Gasteiger partial charge in [-0.15, -0.1) is 0 Å². The van der Waals surface area contributed by atoms with E-state index in [4.69, 9.17) is 21.1 Å². The summed E-state index contributed by atoms with van der Waals surface area (Å²) in [7, 11) is 1.85. The van der Waals surface area contributed by atoms with Gasteiger partial charge in [-0.1, -0.05) is 11.6 Å². The molecule has 0 fully saturated rings. The Morgan fingerprint density at radius 1 is 1.22 bits per heavy atom.